The molecule has 21 heavy (non-hydrogen) atoms. The Morgan fingerprint density at radius 3 is 2.33 bits per heavy atom. The Hall–Kier alpha value is -2.96. The topological polar surface area (TPSA) is 79.4 Å². The highest BCUT2D eigenvalue weighted by molar-refractivity contribution is 5.62. The van der Waals surface area contributed by atoms with Crippen molar-refractivity contribution in [1.82, 2.24) is 10.1 Å². The van der Waals surface area contributed by atoms with Gasteiger partial charge < -0.3 is 14.7 Å². The summed E-state index contributed by atoms with van der Waals surface area (Å²) in [5.74, 6) is -2.44. The van der Waals surface area contributed by atoms with E-state index in [9.17, 15) is 19.0 Å². The van der Waals surface area contributed by atoms with Crippen molar-refractivity contribution in [2.24, 2.45) is 0 Å². The average Bonchev–Trinajstić information content (AvgIpc) is 2.94. The van der Waals surface area contributed by atoms with Crippen molar-refractivity contribution in [3.05, 3.63) is 48.0 Å². The van der Waals surface area contributed by atoms with Crippen molar-refractivity contribution in [2.75, 3.05) is 0 Å². The van der Waals surface area contributed by atoms with Crippen molar-refractivity contribution in [2.45, 2.75) is 0 Å². The zero-order valence-corrected chi connectivity index (χ0v) is 10.4. The SMILES string of the molecule is Oc1ccc(-c2nc(-c3ccc(F)c(F)c3)no2)cc1O. The Morgan fingerprint density at radius 2 is 1.62 bits per heavy atom. The lowest BCUT2D eigenvalue weighted by Crippen LogP contribution is -1.87. The van der Waals surface area contributed by atoms with Crippen LogP contribution in [0.2, 0.25) is 0 Å². The third-order valence-corrected chi connectivity index (χ3v) is 2.83. The molecule has 3 rings (SSSR count). The van der Waals surface area contributed by atoms with Crippen LogP contribution in [0.5, 0.6) is 11.5 Å². The van der Waals surface area contributed by atoms with E-state index in [1.807, 2.05) is 0 Å². The summed E-state index contributed by atoms with van der Waals surface area (Å²) in [6.45, 7) is 0. The van der Waals surface area contributed by atoms with Crippen LogP contribution in [-0.2, 0) is 0 Å². The predicted octanol–water partition coefficient (Wildman–Crippen LogP) is 3.09. The van der Waals surface area contributed by atoms with Crippen LogP contribution < -0.4 is 0 Å². The van der Waals surface area contributed by atoms with Gasteiger partial charge in [-0.25, -0.2) is 8.78 Å². The van der Waals surface area contributed by atoms with Gasteiger partial charge >= 0.3 is 0 Å². The fourth-order valence-electron chi connectivity index (χ4n) is 1.75. The minimum Gasteiger partial charge on any atom is -0.504 e. The van der Waals surface area contributed by atoms with Crippen molar-refractivity contribution in [3.63, 3.8) is 0 Å². The largest absolute Gasteiger partial charge is 0.504 e. The third-order valence-electron chi connectivity index (χ3n) is 2.83. The molecular weight excluding hydrogens is 282 g/mol. The second kappa shape index (κ2) is 4.86. The van der Waals surface area contributed by atoms with Crippen LogP contribution in [0.4, 0.5) is 8.78 Å². The van der Waals surface area contributed by atoms with Gasteiger partial charge in [-0.2, -0.15) is 4.98 Å². The molecule has 3 aromatic rings. The highest BCUT2D eigenvalue weighted by atomic mass is 19.2. The monoisotopic (exact) mass is 290 g/mol. The minimum absolute atomic E-state index is 0.0741. The summed E-state index contributed by atoms with van der Waals surface area (Å²) in [6, 6.07) is 7.23. The van der Waals surface area contributed by atoms with E-state index in [2.05, 4.69) is 10.1 Å². The van der Waals surface area contributed by atoms with Crippen molar-refractivity contribution in [3.8, 4) is 34.3 Å². The molecule has 0 aliphatic heterocycles. The van der Waals surface area contributed by atoms with E-state index in [1.165, 1.54) is 24.3 Å². The number of rotatable bonds is 2. The Labute approximate surface area is 117 Å². The van der Waals surface area contributed by atoms with E-state index < -0.39 is 11.6 Å². The Bertz CT molecular complexity index is 752. The van der Waals surface area contributed by atoms with Gasteiger partial charge in [-0.1, -0.05) is 5.16 Å². The second-order valence-corrected chi connectivity index (χ2v) is 4.26. The zero-order valence-electron chi connectivity index (χ0n) is 10.4. The van der Waals surface area contributed by atoms with Crippen LogP contribution in [0.3, 0.4) is 0 Å². The van der Waals surface area contributed by atoms with Gasteiger partial charge in [-0.05, 0) is 36.4 Å². The molecule has 0 spiro atoms. The molecule has 0 saturated carbocycles. The maximum Gasteiger partial charge on any atom is 0.258 e. The molecule has 7 heteroatoms. The van der Waals surface area contributed by atoms with Gasteiger partial charge in [0.1, 0.15) is 0 Å². The summed E-state index contributed by atoms with van der Waals surface area (Å²) in [5, 5.41) is 22.3. The fourth-order valence-corrected chi connectivity index (χ4v) is 1.75. The van der Waals surface area contributed by atoms with E-state index in [1.54, 1.807) is 0 Å². The molecule has 0 aliphatic rings. The summed E-state index contributed by atoms with van der Waals surface area (Å²) in [7, 11) is 0. The van der Waals surface area contributed by atoms with Gasteiger partial charge in [0.25, 0.3) is 5.89 Å². The minimum atomic E-state index is -1.01. The number of aromatic nitrogens is 2. The molecule has 0 fully saturated rings. The standard InChI is InChI=1S/C14H8F2N2O3/c15-9-3-1-7(5-10(9)16)13-17-14(21-18-13)8-2-4-11(19)12(20)6-8/h1-6,19-20H. The molecule has 0 unspecified atom stereocenters. The highest BCUT2D eigenvalue weighted by Gasteiger charge is 2.13. The smallest absolute Gasteiger partial charge is 0.258 e. The average molecular weight is 290 g/mol. The van der Waals surface area contributed by atoms with E-state index in [0.29, 0.717) is 5.56 Å². The number of hydrogen-bond acceptors (Lipinski definition) is 5. The molecule has 0 radical (unpaired) electrons. The van der Waals surface area contributed by atoms with Crippen LogP contribution in [0.1, 0.15) is 0 Å². The van der Waals surface area contributed by atoms with E-state index >= 15 is 0 Å². The molecule has 0 saturated heterocycles. The summed E-state index contributed by atoms with van der Waals surface area (Å²) < 4.78 is 31.0. The molecule has 0 aliphatic carbocycles. The third kappa shape index (κ3) is 2.40. The molecule has 0 amide bonds. The summed E-state index contributed by atoms with van der Waals surface area (Å²) >= 11 is 0. The number of benzene rings is 2. The van der Waals surface area contributed by atoms with Crippen LogP contribution in [0, 0.1) is 11.6 Å². The Balaban J connectivity index is 1.99. The van der Waals surface area contributed by atoms with Gasteiger partial charge in [0.05, 0.1) is 0 Å². The van der Waals surface area contributed by atoms with Crippen LogP contribution in [0.25, 0.3) is 22.8 Å². The van der Waals surface area contributed by atoms with Crippen molar-refractivity contribution < 1.29 is 23.5 Å². The van der Waals surface area contributed by atoms with Crippen molar-refractivity contribution in [1.29, 1.82) is 0 Å². The van der Waals surface area contributed by atoms with Crippen LogP contribution in [-0.4, -0.2) is 20.4 Å². The lowest BCUT2D eigenvalue weighted by Gasteiger charge is -1.98. The molecule has 106 valence electrons. The summed E-state index contributed by atoms with van der Waals surface area (Å²) in [6.07, 6.45) is 0. The number of phenols is 2. The predicted molar refractivity (Wildman–Crippen MR) is 68.4 cm³/mol. The van der Waals surface area contributed by atoms with Gasteiger partial charge in [0.15, 0.2) is 23.1 Å². The Morgan fingerprint density at radius 1 is 0.857 bits per heavy atom. The lowest BCUT2D eigenvalue weighted by atomic mass is 10.2. The van der Waals surface area contributed by atoms with Gasteiger partial charge in [0, 0.05) is 11.1 Å². The highest BCUT2D eigenvalue weighted by Crippen LogP contribution is 2.30. The van der Waals surface area contributed by atoms with Crippen molar-refractivity contribution >= 4 is 0 Å². The first-order valence-electron chi connectivity index (χ1n) is 5.86. The summed E-state index contributed by atoms with van der Waals surface area (Å²) in [4.78, 5) is 4.03. The second-order valence-electron chi connectivity index (χ2n) is 4.26. The molecule has 2 N–H and O–H groups in total. The first kappa shape index (κ1) is 13.0. The summed E-state index contributed by atoms with van der Waals surface area (Å²) in [5.41, 5.74) is 0.638. The van der Waals surface area contributed by atoms with E-state index in [0.717, 1.165) is 12.1 Å². The molecule has 1 aromatic heterocycles. The van der Waals surface area contributed by atoms with Gasteiger partial charge in [-0.3, -0.25) is 0 Å². The quantitative estimate of drug-likeness (QED) is 0.709. The van der Waals surface area contributed by atoms with Crippen LogP contribution >= 0.6 is 0 Å². The van der Waals surface area contributed by atoms with Gasteiger partial charge in [-0.15, -0.1) is 0 Å². The lowest BCUT2D eigenvalue weighted by molar-refractivity contribution is 0.402. The number of phenolic OH excluding ortho intramolecular Hbond substituents is 2. The number of halogens is 2. The van der Waals surface area contributed by atoms with E-state index in [4.69, 9.17) is 4.52 Å². The molecule has 5 nitrogen and oxygen atoms in total. The zero-order chi connectivity index (χ0) is 15.0. The molecule has 0 bridgehead atoms. The maximum absolute atomic E-state index is 13.2. The molecule has 1 heterocycles. The maximum atomic E-state index is 13.2. The number of aromatic hydroxyl groups is 2. The van der Waals surface area contributed by atoms with Crippen LogP contribution in [0.15, 0.2) is 40.9 Å². The molecular formula is C14H8F2N2O3. The first-order chi connectivity index (χ1) is 10.0. The first-order valence-corrected chi connectivity index (χ1v) is 5.86. The molecule has 0 atom stereocenters. The fraction of sp³-hybridized carbons (Fsp3) is 0. The van der Waals surface area contributed by atoms with Gasteiger partial charge in [0.2, 0.25) is 5.82 Å². The molecule has 2 aromatic carbocycles. The Kier molecular flexibility index (Phi) is 3.02. The number of hydrogen-bond donors (Lipinski definition) is 2. The number of nitrogens with zero attached hydrogens (tertiary/aromatic N) is 2. The normalized spacial score (nSPS) is 10.8. The van der Waals surface area contributed by atoms with E-state index in [-0.39, 0.29) is 28.8 Å².